The van der Waals surface area contributed by atoms with Crippen LogP contribution in [0.5, 0.6) is 0 Å². The van der Waals surface area contributed by atoms with E-state index in [2.05, 4.69) is 22.9 Å². The predicted molar refractivity (Wildman–Crippen MR) is 217 cm³/mol. The van der Waals surface area contributed by atoms with Crippen molar-refractivity contribution in [1.29, 1.82) is 0 Å². The molecule has 7 rings (SSSR count). The van der Waals surface area contributed by atoms with Gasteiger partial charge in [0.2, 0.25) is 0 Å². The minimum atomic E-state index is -2.04. The van der Waals surface area contributed by atoms with Crippen molar-refractivity contribution in [1.82, 2.24) is 30.0 Å². The van der Waals surface area contributed by atoms with Crippen molar-refractivity contribution in [2.75, 3.05) is 0 Å². The summed E-state index contributed by atoms with van der Waals surface area (Å²) >= 11 is 0. The van der Waals surface area contributed by atoms with Crippen LogP contribution < -0.4 is 27.1 Å². The highest BCUT2D eigenvalue weighted by Crippen LogP contribution is 2.37. The average molecular weight is 865 g/mol. The maximum Gasteiger partial charge on any atom is 0.425 e. The van der Waals surface area contributed by atoms with E-state index in [-0.39, 0.29) is 42.5 Å². The number of nitrogens with zero attached hydrogens (tertiary/aromatic N) is 3. The van der Waals surface area contributed by atoms with Gasteiger partial charge in [-0.25, -0.2) is 31.9 Å². The smallest absolute Gasteiger partial charge is 0.425 e. The van der Waals surface area contributed by atoms with Gasteiger partial charge in [0.05, 0.1) is 13.1 Å². The van der Waals surface area contributed by atoms with Gasteiger partial charge in [-0.3, -0.25) is 24.5 Å². The first-order valence-corrected chi connectivity index (χ1v) is 19.5. The third kappa shape index (κ3) is 8.90. The number of imide groups is 4. The van der Waals surface area contributed by atoms with Crippen LogP contribution in [0, 0.1) is 54.9 Å². The number of rotatable bonds is 8. The van der Waals surface area contributed by atoms with Gasteiger partial charge in [0.15, 0.2) is 34.3 Å². The maximum absolute atomic E-state index is 14.3. The van der Waals surface area contributed by atoms with Crippen LogP contribution in [0.4, 0.5) is 31.9 Å². The fourth-order valence-corrected chi connectivity index (χ4v) is 8.06. The summed E-state index contributed by atoms with van der Waals surface area (Å²) in [4.78, 5) is 89.5. The standard InChI is InChI=1S/C27H31F2N3O5.C16H13F2N3O3.CH4/c1-15(2)19-9-7-16(3)12-22(19)37-26(36)32-24(34)27(30-25(32)35,18-8-10-20(28)21(29)13-18)14-31-11-5-6-17(4)23(31)33;1-9-3-2-6-21(13(9)22)8-16(14(23)19-15(24)20-16)10-4-5-11(17)12(18)7-10;/h5-6,8,10-11,13,15-16,19,22H,7,9,12,14H2,1-4H3,(H,30,35);2-7H,8H2,1H3,(H2,19,20,23,24);1H4/t16-,19+,22-,27+;16-;/m10./s1. The molecular formula is C44H48F4N6O8. The van der Waals surface area contributed by atoms with Crippen molar-refractivity contribution in [2.45, 2.75) is 91.6 Å². The molecule has 4 aromatic rings. The fourth-order valence-electron chi connectivity index (χ4n) is 8.06. The minimum Gasteiger partial charge on any atom is -0.445 e. The first-order chi connectivity index (χ1) is 28.8. The molecule has 3 aliphatic rings. The maximum atomic E-state index is 14.3. The monoisotopic (exact) mass is 864 g/mol. The van der Waals surface area contributed by atoms with E-state index in [9.17, 15) is 51.1 Å². The Labute approximate surface area is 354 Å². The summed E-state index contributed by atoms with van der Waals surface area (Å²) in [5.74, 6) is -5.79. The number of carbonyl (C=O) groups excluding carboxylic acids is 5. The minimum absolute atomic E-state index is 0. The van der Waals surface area contributed by atoms with Gasteiger partial charge in [-0.15, -0.1) is 0 Å². The van der Waals surface area contributed by atoms with Gasteiger partial charge in [0.1, 0.15) is 6.10 Å². The molecule has 3 fully saturated rings. The Morgan fingerprint density at radius 2 is 1.27 bits per heavy atom. The van der Waals surface area contributed by atoms with E-state index in [0.717, 1.165) is 43.2 Å². The molecule has 1 aliphatic carbocycles. The first-order valence-electron chi connectivity index (χ1n) is 19.5. The lowest BCUT2D eigenvalue weighted by Gasteiger charge is -2.37. The molecule has 0 unspecified atom stereocenters. The molecular weight excluding hydrogens is 817 g/mol. The molecule has 0 bridgehead atoms. The number of carbonyl (C=O) groups is 5. The molecule has 3 N–H and O–H groups in total. The Balaban J connectivity index is 0.000000251. The van der Waals surface area contributed by atoms with Crippen molar-refractivity contribution >= 4 is 30.0 Å². The molecule has 62 heavy (non-hydrogen) atoms. The Kier molecular flexibility index (Phi) is 13.6. The Morgan fingerprint density at radius 3 is 1.76 bits per heavy atom. The third-order valence-corrected chi connectivity index (χ3v) is 11.5. The molecule has 18 heteroatoms. The predicted octanol–water partition coefficient (Wildman–Crippen LogP) is 6.29. The second kappa shape index (κ2) is 18.2. The summed E-state index contributed by atoms with van der Waals surface area (Å²) in [6, 6.07) is 10.2. The van der Waals surface area contributed by atoms with Gasteiger partial charge >= 0.3 is 18.2 Å². The SMILES string of the molecule is C.Cc1cccn(C[C@@]2(c3ccc(F)c(F)c3)NC(=O)N(C(=O)O[C@@H]3C[C@H](C)CC[C@H]3C(C)C)C2=O)c1=O.Cc1cccn(C[C@@]2(c3ccc(F)c(F)c3)NC(=O)NC2=O)c1=O. The highest BCUT2D eigenvalue weighted by atomic mass is 19.2. The third-order valence-electron chi connectivity index (χ3n) is 11.5. The van der Waals surface area contributed by atoms with E-state index in [1.807, 2.05) is 13.8 Å². The molecule has 1 saturated carbocycles. The second-order valence-electron chi connectivity index (χ2n) is 16.0. The molecule has 14 nitrogen and oxygen atoms in total. The Morgan fingerprint density at radius 1 is 0.758 bits per heavy atom. The summed E-state index contributed by atoms with van der Waals surface area (Å²) in [6.07, 6.45) is 3.70. The summed E-state index contributed by atoms with van der Waals surface area (Å²) < 4.78 is 63.0. The Bertz CT molecular complexity index is 2540. The highest BCUT2D eigenvalue weighted by Gasteiger charge is 2.57. The Hall–Kier alpha value is -6.59. The van der Waals surface area contributed by atoms with Gasteiger partial charge in [-0.1, -0.05) is 58.9 Å². The van der Waals surface area contributed by atoms with E-state index in [0.29, 0.717) is 28.4 Å². The molecule has 2 aromatic heterocycles. The van der Waals surface area contributed by atoms with E-state index in [1.54, 1.807) is 38.1 Å². The first kappa shape index (κ1) is 46.5. The molecule has 7 amide bonds. The number of aryl methyl sites for hydroxylation is 2. The van der Waals surface area contributed by atoms with Gasteiger partial charge in [-0.05, 0) is 92.0 Å². The van der Waals surface area contributed by atoms with Crippen molar-refractivity contribution < 1.29 is 46.3 Å². The molecule has 0 spiro atoms. The normalized spacial score (nSPS) is 23.2. The number of hydrogen-bond donors (Lipinski definition) is 3. The molecule has 2 aliphatic heterocycles. The summed E-state index contributed by atoms with van der Waals surface area (Å²) in [7, 11) is 0. The topological polar surface area (TPSA) is 178 Å². The fraction of sp³-hybridized carbons (Fsp3) is 0.386. The summed E-state index contributed by atoms with van der Waals surface area (Å²) in [6.45, 7) is 8.61. The number of urea groups is 2. The van der Waals surface area contributed by atoms with Crippen LogP contribution in [0.3, 0.4) is 0 Å². The van der Waals surface area contributed by atoms with Crippen LogP contribution >= 0.6 is 0 Å². The summed E-state index contributed by atoms with van der Waals surface area (Å²) in [5, 5.41) is 6.97. The molecule has 0 radical (unpaired) electrons. The quantitative estimate of drug-likeness (QED) is 0.137. The number of halogens is 4. The van der Waals surface area contributed by atoms with Crippen LogP contribution in [-0.4, -0.2) is 50.1 Å². The number of nitrogens with one attached hydrogen (secondary N) is 3. The van der Waals surface area contributed by atoms with Gasteiger partial charge in [0.25, 0.3) is 22.9 Å². The number of amides is 7. The van der Waals surface area contributed by atoms with Crippen LogP contribution in [0.2, 0.25) is 0 Å². The van der Waals surface area contributed by atoms with Crippen molar-refractivity contribution in [3.8, 4) is 0 Å². The van der Waals surface area contributed by atoms with Gasteiger partial charge in [0, 0.05) is 23.5 Å². The van der Waals surface area contributed by atoms with E-state index in [1.165, 1.54) is 27.6 Å². The molecule has 2 aromatic carbocycles. The van der Waals surface area contributed by atoms with Gasteiger partial charge < -0.3 is 24.5 Å². The average Bonchev–Trinajstić information content (AvgIpc) is 3.63. The number of pyridine rings is 2. The number of hydrogen-bond acceptors (Lipinski definition) is 8. The van der Waals surface area contributed by atoms with Crippen LogP contribution in [0.25, 0.3) is 0 Å². The largest absolute Gasteiger partial charge is 0.445 e. The zero-order valence-corrected chi connectivity index (χ0v) is 33.9. The zero-order valence-electron chi connectivity index (χ0n) is 33.9. The molecule has 4 heterocycles. The lowest BCUT2D eigenvalue weighted by atomic mass is 9.75. The molecule has 5 atom stereocenters. The number of benzene rings is 2. The van der Waals surface area contributed by atoms with Crippen molar-refractivity contribution in [3.05, 3.63) is 139 Å². The van der Waals surface area contributed by atoms with Gasteiger partial charge in [-0.2, -0.15) is 4.90 Å². The van der Waals surface area contributed by atoms with Crippen molar-refractivity contribution in [2.24, 2.45) is 17.8 Å². The van der Waals surface area contributed by atoms with Crippen LogP contribution in [0.15, 0.2) is 82.6 Å². The van der Waals surface area contributed by atoms with E-state index in [4.69, 9.17) is 4.74 Å². The second-order valence-corrected chi connectivity index (χ2v) is 16.0. The number of aromatic nitrogens is 2. The number of ether oxygens (including phenoxy) is 1. The highest BCUT2D eigenvalue weighted by molar-refractivity contribution is 6.17. The molecule has 330 valence electrons. The summed E-state index contributed by atoms with van der Waals surface area (Å²) in [5.41, 5.74) is -3.79. The van der Waals surface area contributed by atoms with Crippen LogP contribution in [-0.2, 0) is 38.5 Å². The van der Waals surface area contributed by atoms with Crippen LogP contribution in [0.1, 0.15) is 69.7 Å². The lowest BCUT2D eigenvalue weighted by Crippen LogP contribution is -2.50. The lowest BCUT2D eigenvalue weighted by molar-refractivity contribution is -0.131. The van der Waals surface area contributed by atoms with Crippen molar-refractivity contribution in [3.63, 3.8) is 0 Å². The van der Waals surface area contributed by atoms with E-state index >= 15 is 0 Å². The zero-order chi connectivity index (χ0) is 44.6. The molecule has 2 saturated heterocycles. The van der Waals surface area contributed by atoms with E-state index < -0.39 is 82.5 Å².